The van der Waals surface area contributed by atoms with Crippen molar-refractivity contribution in [3.8, 4) is 0 Å². The Kier molecular flexibility index (Phi) is 4.07. The van der Waals surface area contributed by atoms with Gasteiger partial charge in [0, 0.05) is 6.42 Å². The van der Waals surface area contributed by atoms with Gasteiger partial charge < -0.3 is 9.84 Å². The maximum atomic E-state index is 11.4. The van der Waals surface area contributed by atoms with Gasteiger partial charge in [-0.05, 0) is 19.4 Å². The van der Waals surface area contributed by atoms with Crippen LogP contribution in [0.2, 0.25) is 0 Å². The average Bonchev–Trinajstić information content (AvgIpc) is 2.27. The molecular formula is C13H18O3. The molecule has 1 aromatic rings. The Balaban J connectivity index is 2.75. The molecule has 0 spiro atoms. The van der Waals surface area contributed by atoms with Gasteiger partial charge in [0.15, 0.2) is 0 Å². The molecule has 3 heteroatoms. The fraction of sp³-hybridized carbons (Fsp3) is 0.462. The smallest absolute Gasteiger partial charge is 0.311 e. The lowest BCUT2D eigenvalue weighted by Gasteiger charge is -2.28. The minimum Gasteiger partial charge on any atom is -0.469 e. The summed E-state index contributed by atoms with van der Waals surface area (Å²) in [5.74, 6) is -0.932. The van der Waals surface area contributed by atoms with E-state index in [2.05, 4.69) is 4.74 Å². The third kappa shape index (κ3) is 3.07. The van der Waals surface area contributed by atoms with Crippen molar-refractivity contribution in [1.29, 1.82) is 0 Å². The number of ether oxygens (including phenoxy) is 1. The molecule has 0 radical (unpaired) electrons. The van der Waals surface area contributed by atoms with Gasteiger partial charge in [-0.25, -0.2) is 0 Å². The van der Waals surface area contributed by atoms with Crippen LogP contribution >= 0.6 is 0 Å². The van der Waals surface area contributed by atoms with Crippen LogP contribution in [0.25, 0.3) is 0 Å². The maximum Gasteiger partial charge on any atom is 0.311 e. The van der Waals surface area contributed by atoms with Gasteiger partial charge in [0.05, 0.1) is 18.6 Å². The molecule has 0 amide bonds. The first-order valence-electron chi connectivity index (χ1n) is 5.31. The van der Waals surface area contributed by atoms with E-state index in [1.807, 2.05) is 30.3 Å². The van der Waals surface area contributed by atoms with Crippen molar-refractivity contribution in [2.45, 2.75) is 25.9 Å². The number of hydrogen-bond acceptors (Lipinski definition) is 3. The molecule has 0 bridgehead atoms. The molecule has 0 aliphatic rings. The minimum absolute atomic E-state index is 0.388. The van der Waals surface area contributed by atoms with Crippen LogP contribution in [0.1, 0.15) is 19.4 Å². The van der Waals surface area contributed by atoms with E-state index in [-0.39, 0.29) is 5.97 Å². The molecule has 0 aromatic heterocycles. The Bertz CT molecular complexity index is 343. The van der Waals surface area contributed by atoms with E-state index in [1.54, 1.807) is 13.8 Å². The Morgan fingerprint density at radius 2 is 2.00 bits per heavy atom. The summed E-state index contributed by atoms with van der Waals surface area (Å²) in [6, 6.07) is 9.60. The summed E-state index contributed by atoms with van der Waals surface area (Å²) in [4.78, 5) is 11.4. The second kappa shape index (κ2) is 5.12. The van der Waals surface area contributed by atoms with Crippen molar-refractivity contribution in [1.82, 2.24) is 0 Å². The van der Waals surface area contributed by atoms with Crippen LogP contribution in [-0.4, -0.2) is 23.8 Å². The molecular weight excluding hydrogens is 204 g/mol. The third-order valence-corrected chi connectivity index (χ3v) is 2.89. The van der Waals surface area contributed by atoms with E-state index < -0.39 is 11.5 Å². The van der Waals surface area contributed by atoms with Gasteiger partial charge in [0.1, 0.15) is 0 Å². The highest BCUT2D eigenvalue weighted by Crippen LogP contribution is 2.23. The summed E-state index contributed by atoms with van der Waals surface area (Å²) in [5, 5.41) is 10.2. The summed E-state index contributed by atoms with van der Waals surface area (Å²) in [5.41, 5.74) is -0.0858. The number of aliphatic hydroxyl groups is 1. The molecule has 0 saturated carbocycles. The molecule has 1 rings (SSSR count). The van der Waals surface area contributed by atoms with Gasteiger partial charge in [0.25, 0.3) is 0 Å². The summed E-state index contributed by atoms with van der Waals surface area (Å²) in [6.07, 6.45) is 0.435. The van der Waals surface area contributed by atoms with Crippen LogP contribution < -0.4 is 0 Å². The predicted molar refractivity (Wildman–Crippen MR) is 61.9 cm³/mol. The SMILES string of the molecule is COC(=O)C(C)C(C)(O)Cc1ccccc1. The fourth-order valence-corrected chi connectivity index (χ4v) is 1.59. The van der Waals surface area contributed by atoms with Crippen LogP contribution in [0, 0.1) is 5.92 Å². The highest BCUT2D eigenvalue weighted by atomic mass is 16.5. The first-order valence-corrected chi connectivity index (χ1v) is 5.31. The predicted octanol–water partition coefficient (Wildman–Crippen LogP) is 1.79. The van der Waals surface area contributed by atoms with E-state index in [9.17, 15) is 9.90 Å². The zero-order chi connectivity index (χ0) is 12.2. The van der Waals surface area contributed by atoms with Gasteiger partial charge in [-0.2, -0.15) is 0 Å². The van der Waals surface area contributed by atoms with E-state index in [1.165, 1.54) is 7.11 Å². The number of carbonyl (C=O) groups is 1. The number of rotatable bonds is 4. The lowest BCUT2D eigenvalue weighted by Crippen LogP contribution is -2.40. The van der Waals surface area contributed by atoms with Crippen LogP contribution in [-0.2, 0) is 16.0 Å². The zero-order valence-corrected chi connectivity index (χ0v) is 9.93. The minimum atomic E-state index is -1.09. The molecule has 88 valence electrons. The molecule has 1 N–H and O–H groups in total. The zero-order valence-electron chi connectivity index (χ0n) is 9.93. The number of benzene rings is 1. The fourth-order valence-electron chi connectivity index (χ4n) is 1.59. The van der Waals surface area contributed by atoms with Crippen molar-refractivity contribution >= 4 is 5.97 Å². The summed E-state index contributed by atoms with van der Waals surface area (Å²) in [6.45, 7) is 3.33. The third-order valence-electron chi connectivity index (χ3n) is 2.89. The molecule has 0 aliphatic carbocycles. The Morgan fingerprint density at radius 3 is 2.50 bits per heavy atom. The topological polar surface area (TPSA) is 46.5 Å². The van der Waals surface area contributed by atoms with E-state index in [4.69, 9.17) is 0 Å². The van der Waals surface area contributed by atoms with Crippen molar-refractivity contribution < 1.29 is 14.6 Å². The molecule has 2 atom stereocenters. The molecule has 0 saturated heterocycles. The lowest BCUT2D eigenvalue weighted by atomic mass is 9.85. The second-order valence-corrected chi connectivity index (χ2v) is 4.26. The average molecular weight is 222 g/mol. The van der Waals surface area contributed by atoms with Crippen molar-refractivity contribution in [3.63, 3.8) is 0 Å². The van der Waals surface area contributed by atoms with Crippen molar-refractivity contribution in [2.75, 3.05) is 7.11 Å². The quantitative estimate of drug-likeness (QED) is 0.790. The van der Waals surface area contributed by atoms with E-state index >= 15 is 0 Å². The number of esters is 1. The van der Waals surface area contributed by atoms with Gasteiger partial charge in [-0.3, -0.25) is 4.79 Å². The molecule has 3 nitrogen and oxygen atoms in total. The highest BCUT2D eigenvalue weighted by molar-refractivity contribution is 5.73. The standard InChI is InChI=1S/C13H18O3/c1-10(12(14)16-3)13(2,15)9-11-7-5-4-6-8-11/h4-8,10,15H,9H2,1-3H3. The van der Waals surface area contributed by atoms with E-state index in [0.717, 1.165) is 5.56 Å². The Hall–Kier alpha value is -1.35. The van der Waals surface area contributed by atoms with Crippen molar-refractivity contribution in [2.24, 2.45) is 5.92 Å². The maximum absolute atomic E-state index is 11.4. The van der Waals surface area contributed by atoms with Gasteiger partial charge in [0.2, 0.25) is 0 Å². The monoisotopic (exact) mass is 222 g/mol. The lowest BCUT2D eigenvalue weighted by molar-refractivity contribution is -0.153. The van der Waals surface area contributed by atoms with Crippen LogP contribution in [0.15, 0.2) is 30.3 Å². The van der Waals surface area contributed by atoms with Gasteiger partial charge in [-0.15, -0.1) is 0 Å². The molecule has 2 unspecified atom stereocenters. The number of methoxy groups -OCH3 is 1. The van der Waals surface area contributed by atoms with E-state index in [0.29, 0.717) is 6.42 Å². The van der Waals surface area contributed by atoms with Crippen LogP contribution in [0.4, 0.5) is 0 Å². The van der Waals surface area contributed by atoms with Crippen LogP contribution in [0.5, 0.6) is 0 Å². The first kappa shape index (κ1) is 12.7. The highest BCUT2D eigenvalue weighted by Gasteiger charge is 2.34. The summed E-state index contributed by atoms with van der Waals surface area (Å²) < 4.78 is 4.64. The van der Waals surface area contributed by atoms with Crippen molar-refractivity contribution in [3.05, 3.63) is 35.9 Å². The largest absolute Gasteiger partial charge is 0.469 e. The number of hydrogen-bond donors (Lipinski definition) is 1. The normalized spacial score (nSPS) is 16.2. The van der Waals surface area contributed by atoms with Gasteiger partial charge >= 0.3 is 5.97 Å². The molecule has 0 heterocycles. The molecule has 0 aliphatic heterocycles. The second-order valence-electron chi connectivity index (χ2n) is 4.26. The Morgan fingerprint density at radius 1 is 1.44 bits per heavy atom. The van der Waals surface area contributed by atoms with Crippen LogP contribution in [0.3, 0.4) is 0 Å². The van der Waals surface area contributed by atoms with Gasteiger partial charge in [-0.1, -0.05) is 30.3 Å². The number of carbonyl (C=O) groups excluding carboxylic acids is 1. The summed E-state index contributed by atoms with van der Waals surface area (Å²) >= 11 is 0. The molecule has 16 heavy (non-hydrogen) atoms. The molecule has 0 fully saturated rings. The Labute approximate surface area is 96.1 Å². The molecule has 1 aromatic carbocycles. The first-order chi connectivity index (χ1) is 7.47. The summed E-state index contributed by atoms with van der Waals surface area (Å²) in [7, 11) is 1.33.